The van der Waals surface area contributed by atoms with Gasteiger partial charge in [-0.2, -0.15) is 0 Å². The van der Waals surface area contributed by atoms with Crippen molar-refractivity contribution in [1.82, 2.24) is 0 Å². The predicted octanol–water partition coefficient (Wildman–Crippen LogP) is 4.10. The molecule has 0 bridgehead atoms. The van der Waals surface area contributed by atoms with Crippen LogP contribution in [0.25, 0.3) is 0 Å². The molecule has 4 atom stereocenters. The van der Waals surface area contributed by atoms with E-state index in [2.05, 4.69) is 0 Å². The van der Waals surface area contributed by atoms with Crippen LogP contribution in [0.5, 0.6) is 0 Å². The molecule has 4 unspecified atom stereocenters. The largest absolute Gasteiger partial charge is 0.375 e. The lowest BCUT2D eigenvalue weighted by molar-refractivity contribution is -0.0435. The smallest absolute Gasteiger partial charge is 0.0593 e. The molecule has 0 spiro atoms. The molecule has 3 heteroatoms. The maximum absolute atomic E-state index is 6.15. The van der Waals surface area contributed by atoms with Gasteiger partial charge in [-0.05, 0) is 51.4 Å². The van der Waals surface area contributed by atoms with Crippen LogP contribution in [0.3, 0.4) is 0 Å². The van der Waals surface area contributed by atoms with Gasteiger partial charge < -0.3 is 4.74 Å². The van der Waals surface area contributed by atoms with E-state index in [0.717, 1.165) is 25.7 Å². The lowest BCUT2D eigenvalue weighted by Gasteiger charge is -2.32. The Morgan fingerprint density at radius 3 is 1.60 bits per heavy atom. The van der Waals surface area contributed by atoms with Gasteiger partial charge in [0.15, 0.2) is 0 Å². The van der Waals surface area contributed by atoms with Gasteiger partial charge in [-0.15, -0.1) is 23.2 Å². The van der Waals surface area contributed by atoms with Crippen molar-refractivity contribution in [3.05, 3.63) is 0 Å². The summed E-state index contributed by atoms with van der Waals surface area (Å²) in [5, 5.41) is 0.665. The highest BCUT2D eigenvalue weighted by Gasteiger charge is 2.27. The van der Waals surface area contributed by atoms with Crippen molar-refractivity contribution >= 4 is 23.2 Å². The van der Waals surface area contributed by atoms with Crippen LogP contribution >= 0.6 is 23.2 Å². The minimum Gasteiger partial charge on any atom is -0.375 e. The van der Waals surface area contributed by atoms with Crippen molar-refractivity contribution in [3.63, 3.8) is 0 Å². The molecule has 2 fully saturated rings. The zero-order chi connectivity index (χ0) is 10.7. The predicted molar refractivity (Wildman–Crippen MR) is 64.9 cm³/mol. The molecule has 2 rings (SSSR count). The second-order valence-corrected chi connectivity index (χ2v) is 6.14. The van der Waals surface area contributed by atoms with Gasteiger partial charge in [-0.3, -0.25) is 0 Å². The molecule has 0 amide bonds. The molecule has 0 aromatic carbocycles. The molecular weight excluding hydrogens is 231 g/mol. The second kappa shape index (κ2) is 5.75. The summed E-state index contributed by atoms with van der Waals surface area (Å²) in [4.78, 5) is 0. The van der Waals surface area contributed by atoms with Gasteiger partial charge in [0.05, 0.1) is 12.2 Å². The Morgan fingerprint density at radius 1 is 0.733 bits per heavy atom. The van der Waals surface area contributed by atoms with Gasteiger partial charge >= 0.3 is 0 Å². The number of ether oxygens (including phenoxy) is 1. The average Bonchev–Trinajstić information content (AvgIpc) is 2.17. The van der Waals surface area contributed by atoms with E-state index in [1.54, 1.807) is 0 Å². The SMILES string of the molecule is ClC1CCCC(OC2CCCC(Cl)C2)C1. The lowest BCUT2D eigenvalue weighted by atomic mass is 9.94. The molecule has 2 aliphatic rings. The Bertz CT molecular complexity index is 178. The topological polar surface area (TPSA) is 9.23 Å². The molecule has 0 heterocycles. The Hall–Kier alpha value is 0.540. The number of rotatable bonds is 2. The van der Waals surface area contributed by atoms with E-state index in [9.17, 15) is 0 Å². The van der Waals surface area contributed by atoms with E-state index < -0.39 is 0 Å². The van der Waals surface area contributed by atoms with Crippen molar-refractivity contribution in [2.75, 3.05) is 0 Å². The Morgan fingerprint density at radius 2 is 1.20 bits per heavy atom. The quantitative estimate of drug-likeness (QED) is 0.671. The highest BCUT2D eigenvalue weighted by molar-refractivity contribution is 6.20. The first-order valence-electron chi connectivity index (χ1n) is 6.17. The number of alkyl halides is 2. The lowest BCUT2D eigenvalue weighted by Crippen LogP contribution is -2.31. The normalized spacial score (nSPS) is 42.8. The van der Waals surface area contributed by atoms with Gasteiger partial charge in [0.1, 0.15) is 0 Å². The summed E-state index contributed by atoms with van der Waals surface area (Å²) in [6.07, 6.45) is 9.98. The third kappa shape index (κ3) is 3.80. The summed E-state index contributed by atoms with van der Waals surface area (Å²) in [5.74, 6) is 0. The van der Waals surface area contributed by atoms with Crippen LogP contribution in [-0.2, 0) is 4.74 Å². The average molecular weight is 251 g/mol. The molecule has 0 aliphatic heterocycles. The van der Waals surface area contributed by atoms with Crippen LogP contribution in [0.15, 0.2) is 0 Å². The second-order valence-electron chi connectivity index (χ2n) is 4.91. The minimum absolute atomic E-state index is 0.333. The van der Waals surface area contributed by atoms with Crippen molar-refractivity contribution in [2.45, 2.75) is 74.3 Å². The molecule has 88 valence electrons. The first kappa shape index (κ1) is 12.0. The van der Waals surface area contributed by atoms with Crippen molar-refractivity contribution in [3.8, 4) is 0 Å². The zero-order valence-corrected chi connectivity index (χ0v) is 10.6. The zero-order valence-electron chi connectivity index (χ0n) is 9.13. The molecule has 0 aromatic heterocycles. The first-order valence-corrected chi connectivity index (χ1v) is 7.05. The molecule has 0 N–H and O–H groups in total. The van der Waals surface area contributed by atoms with Gasteiger partial charge in [0.25, 0.3) is 0 Å². The third-order valence-electron chi connectivity index (χ3n) is 3.51. The molecular formula is C12H20Cl2O. The fourth-order valence-corrected chi connectivity index (χ4v) is 3.40. The molecule has 2 aliphatic carbocycles. The maximum atomic E-state index is 6.15. The highest BCUT2D eigenvalue weighted by atomic mass is 35.5. The van der Waals surface area contributed by atoms with Crippen molar-refractivity contribution < 1.29 is 4.74 Å². The fourth-order valence-electron chi connectivity index (χ4n) is 2.70. The fraction of sp³-hybridized carbons (Fsp3) is 1.00. The summed E-state index contributed by atoms with van der Waals surface area (Å²) in [7, 11) is 0. The van der Waals surface area contributed by atoms with Gasteiger partial charge in [0, 0.05) is 10.8 Å². The van der Waals surface area contributed by atoms with Gasteiger partial charge in [0.2, 0.25) is 0 Å². The first-order chi connectivity index (χ1) is 7.24. The van der Waals surface area contributed by atoms with Crippen molar-refractivity contribution in [1.29, 1.82) is 0 Å². The van der Waals surface area contributed by atoms with Crippen molar-refractivity contribution in [2.24, 2.45) is 0 Å². The van der Waals surface area contributed by atoms with Crippen LogP contribution in [0.1, 0.15) is 51.4 Å². The van der Waals surface area contributed by atoms with E-state index in [-0.39, 0.29) is 0 Å². The summed E-state index contributed by atoms with van der Waals surface area (Å²) < 4.78 is 6.10. The monoisotopic (exact) mass is 250 g/mol. The molecule has 1 nitrogen and oxygen atoms in total. The minimum atomic E-state index is 0.333. The summed E-state index contributed by atoms with van der Waals surface area (Å²) in [6.45, 7) is 0. The molecule has 0 aromatic rings. The Balaban J connectivity index is 1.75. The van der Waals surface area contributed by atoms with Crippen LogP contribution in [-0.4, -0.2) is 23.0 Å². The highest BCUT2D eigenvalue weighted by Crippen LogP contribution is 2.30. The van der Waals surface area contributed by atoms with E-state index in [0.29, 0.717) is 23.0 Å². The number of hydrogen-bond acceptors (Lipinski definition) is 1. The number of hydrogen-bond donors (Lipinski definition) is 0. The molecule has 0 radical (unpaired) electrons. The standard InChI is InChI=1S/C12H20Cl2O/c13-9-3-1-5-11(7-9)15-12-6-2-4-10(14)8-12/h9-12H,1-8H2. The molecule has 0 saturated heterocycles. The Labute approximate surface area is 102 Å². The van der Waals surface area contributed by atoms with E-state index in [1.807, 2.05) is 0 Å². The van der Waals surface area contributed by atoms with Crippen LogP contribution in [0.2, 0.25) is 0 Å². The molecule has 2 saturated carbocycles. The molecule has 15 heavy (non-hydrogen) atoms. The van der Waals surface area contributed by atoms with Gasteiger partial charge in [-0.1, -0.05) is 0 Å². The Kier molecular flexibility index (Phi) is 4.60. The maximum Gasteiger partial charge on any atom is 0.0593 e. The van der Waals surface area contributed by atoms with E-state index >= 15 is 0 Å². The summed E-state index contributed by atoms with van der Waals surface area (Å²) in [5.41, 5.74) is 0. The number of halogens is 2. The van der Waals surface area contributed by atoms with Crippen LogP contribution in [0, 0.1) is 0 Å². The summed E-state index contributed by atoms with van der Waals surface area (Å²) >= 11 is 12.3. The van der Waals surface area contributed by atoms with Crippen LogP contribution in [0.4, 0.5) is 0 Å². The van der Waals surface area contributed by atoms with Gasteiger partial charge in [-0.25, -0.2) is 0 Å². The van der Waals surface area contributed by atoms with Crippen LogP contribution < -0.4 is 0 Å². The summed E-state index contributed by atoms with van der Waals surface area (Å²) in [6, 6.07) is 0. The third-order valence-corrected chi connectivity index (χ3v) is 4.30. The van der Waals surface area contributed by atoms with E-state index in [1.165, 1.54) is 25.7 Å². The van der Waals surface area contributed by atoms with E-state index in [4.69, 9.17) is 27.9 Å².